The number of carbonyl (C=O) groups excluding carboxylic acids is 1. The Hall–Kier alpha value is -3.15. The molecule has 0 radical (unpaired) electrons. The molecule has 3 rings (SSSR count). The number of aromatic nitrogens is 2. The number of aryl methyl sites for hydroxylation is 2. The third-order valence-electron chi connectivity index (χ3n) is 5.32. The van der Waals surface area contributed by atoms with E-state index >= 15 is 0 Å². The quantitative estimate of drug-likeness (QED) is 0.612. The smallest absolute Gasteiger partial charge is 0.261 e. The lowest BCUT2D eigenvalue weighted by Crippen LogP contribution is -2.32. The highest BCUT2D eigenvalue weighted by molar-refractivity contribution is 5.80. The molecule has 0 fully saturated rings. The van der Waals surface area contributed by atoms with Crippen molar-refractivity contribution in [2.75, 3.05) is 7.11 Å². The zero-order valence-corrected chi connectivity index (χ0v) is 18.0. The van der Waals surface area contributed by atoms with Gasteiger partial charge >= 0.3 is 0 Å². The molecule has 30 heavy (non-hydrogen) atoms. The second-order valence-corrected chi connectivity index (χ2v) is 7.88. The molecular weight excluding hydrogens is 378 g/mol. The van der Waals surface area contributed by atoms with Crippen molar-refractivity contribution in [3.63, 3.8) is 0 Å². The number of fused-ring (bicyclic) bond motifs is 1. The molecule has 0 aliphatic rings. The molecule has 0 saturated carbocycles. The summed E-state index contributed by atoms with van der Waals surface area (Å²) in [7, 11) is 1.63. The lowest BCUT2D eigenvalue weighted by Gasteiger charge is -2.23. The number of hydrogen-bond acceptors (Lipinski definition) is 4. The van der Waals surface area contributed by atoms with Crippen LogP contribution in [-0.4, -0.2) is 22.6 Å². The van der Waals surface area contributed by atoms with Crippen molar-refractivity contribution in [2.24, 2.45) is 5.92 Å². The van der Waals surface area contributed by atoms with Crippen LogP contribution >= 0.6 is 0 Å². The average molecular weight is 408 g/mol. The van der Waals surface area contributed by atoms with Gasteiger partial charge in [-0.3, -0.25) is 14.2 Å². The summed E-state index contributed by atoms with van der Waals surface area (Å²) in [6, 6.07) is 13.3. The van der Waals surface area contributed by atoms with Crippen LogP contribution in [0.15, 0.2) is 53.6 Å². The number of hydrogen-bond donors (Lipinski definition) is 1. The van der Waals surface area contributed by atoms with Crippen LogP contribution < -0.4 is 15.6 Å². The Morgan fingerprint density at radius 1 is 1.17 bits per heavy atom. The first-order valence-electron chi connectivity index (χ1n) is 10.3. The highest BCUT2D eigenvalue weighted by atomic mass is 16.5. The van der Waals surface area contributed by atoms with Crippen molar-refractivity contribution >= 4 is 16.8 Å². The minimum atomic E-state index is -0.0727. The molecule has 0 bridgehead atoms. The Morgan fingerprint density at radius 2 is 1.90 bits per heavy atom. The number of carbonyl (C=O) groups is 1. The summed E-state index contributed by atoms with van der Waals surface area (Å²) in [6.07, 6.45) is 2.49. The predicted molar refractivity (Wildman–Crippen MR) is 119 cm³/mol. The van der Waals surface area contributed by atoms with Crippen molar-refractivity contribution in [3.8, 4) is 5.75 Å². The zero-order chi connectivity index (χ0) is 21.7. The molecule has 1 unspecified atom stereocenters. The van der Waals surface area contributed by atoms with Crippen LogP contribution in [0.1, 0.15) is 43.9 Å². The van der Waals surface area contributed by atoms with E-state index in [0.717, 1.165) is 22.4 Å². The van der Waals surface area contributed by atoms with Crippen LogP contribution in [0.5, 0.6) is 5.75 Å². The van der Waals surface area contributed by atoms with Crippen LogP contribution in [0, 0.1) is 12.8 Å². The monoisotopic (exact) mass is 407 g/mol. The molecule has 1 amide bonds. The van der Waals surface area contributed by atoms with Crippen molar-refractivity contribution in [1.82, 2.24) is 14.9 Å². The molecular formula is C24H29N3O3. The third kappa shape index (κ3) is 4.87. The van der Waals surface area contributed by atoms with Gasteiger partial charge < -0.3 is 10.1 Å². The van der Waals surface area contributed by atoms with E-state index in [2.05, 4.69) is 24.1 Å². The van der Waals surface area contributed by atoms with Crippen LogP contribution in [0.4, 0.5) is 0 Å². The van der Waals surface area contributed by atoms with Crippen molar-refractivity contribution < 1.29 is 9.53 Å². The van der Waals surface area contributed by atoms with Gasteiger partial charge in [0.15, 0.2) is 0 Å². The molecule has 1 heterocycles. The molecule has 158 valence electrons. The number of methoxy groups -OCH3 is 1. The Balaban J connectivity index is 1.61. The van der Waals surface area contributed by atoms with E-state index in [1.54, 1.807) is 24.1 Å². The summed E-state index contributed by atoms with van der Waals surface area (Å²) in [6.45, 7) is 6.56. The maximum Gasteiger partial charge on any atom is 0.261 e. The van der Waals surface area contributed by atoms with Crippen LogP contribution in [0.3, 0.4) is 0 Å². The molecule has 2 aromatic carbocycles. The summed E-state index contributed by atoms with van der Waals surface area (Å²) in [5, 5.41) is 3.74. The van der Waals surface area contributed by atoms with Gasteiger partial charge in [0, 0.05) is 13.0 Å². The second kappa shape index (κ2) is 9.57. The van der Waals surface area contributed by atoms with Gasteiger partial charge in [0.2, 0.25) is 5.91 Å². The number of amides is 1. The molecule has 0 spiro atoms. The summed E-state index contributed by atoms with van der Waals surface area (Å²) in [4.78, 5) is 29.6. The number of para-hydroxylation sites is 1. The molecule has 3 aromatic rings. The molecule has 6 heteroatoms. The van der Waals surface area contributed by atoms with Gasteiger partial charge in [-0.25, -0.2) is 4.98 Å². The first-order valence-corrected chi connectivity index (χ1v) is 10.3. The molecule has 6 nitrogen and oxygen atoms in total. The highest BCUT2D eigenvalue weighted by Crippen LogP contribution is 2.24. The van der Waals surface area contributed by atoms with E-state index in [1.807, 2.05) is 43.3 Å². The molecule has 1 N–H and O–H groups in total. The van der Waals surface area contributed by atoms with E-state index in [0.29, 0.717) is 24.8 Å². The second-order valence-electron chi connectivity index (χ2n) is 7.88. The lowest BCUT2D eigenvalue weighted by molar-refractivity contribution is -0.122. The highest BCUT2D eigenvalue weighted by Gasteiger charge is 2.18. The SMILES string of the molecule is COc1ccc(C(NC(=O)CCCn2cnc3c(C)cccc3c2=O)C(C)C)cc1. The minimum Gasteiger partial charge on any atom is -0.497 e. The van der Waals surface area contributed by atoms with Crippen LogP contribution in [0.2, 0.25) is 0 Å². The molecule has 0 aliphatic heterocycles. The standard InChI is InChI=1S/C24H29N3O3/c1-16(2)22(18-10-12-19(30-4)13-11-18)26-21(28)9-6-14-27-15-25-23-17(3)7-5-8-20(23)24(27)29/h5,7-8,10-13,15-16,22H,6,9,14H2,1-4H3,(H,26,28). The Morgan fingerprint density at radius 3 is 2.57 bits per heavy atom. The number of rotatable bonds is 8. The normalized spacial score (nSPS) is 12.2. The summed E-state index contributed by atoms with van der Waals surface area (Å²) in [5.41, 5.74) is 2.69. The molecule has 1 aromatic heterocycles. The number of nitrogens with zero attached hydrogens (tertiary/aromatic N) is 2. The first-order chi connectivity index (χ1) is 14.4. The van der Waals surface area contributed by atoms with E-state index in [1.165, 1.54) is 0 Å². The fourth-order valence-corrected chi connectivity index (χ4v) is 3.60. The third-order valence-corrected chi connectivity index (χ3v) is 5.32. The van der Waals surface area contributed by atoms with Crippen LogP contribution in [0.25, 0.3) is 10.9 Å². The topological polar surface area (TPSA) is 73.2 Å². The van der Waals surface area contributed by atoms with E-state index in [9.17, 15) is 9.59 Å². The summed E-state index contributed by atoms with van der Waals surface area (Å²) < 4.78 is 6.79. The fourth-order valence-electron chi connectivity index (χ4n) is 3.60. The Kier molecular flexibility index (Phi) is 6.87. The maximum atomic E-state index is 12.7. The van der Waals surface area contributed by atoms with Crippen molar-refractivity contribution in [1.29, 1.82) is 0 Å². The van der Waals surface area contributed by atoms with Gasteiger partial charge in [0.25, 0.3) is 5.56 Å². The van der Waals surface area contributed by atoms with Crippen molar-refractivity contribution in [2.45, 2.75) is 46.2 Å². The van der Waals surface area contributed by atoms with Crippen LogP contribution in [-0.2, 0) is 11.3 Å². The number of nitrogens with one attached hydrogen (secondary N) is 1. The summed E-state index contributed by atoms with van der Waals surface area (Å²) >= 11 is 0. The van der Waals surface area contributed by atoms with E-state index in [-0.39, 0.29) is 23.4 Å². The maximum absolute atomic E-state index is 12.7. The van der Waals surface area contributed by atoms with Gasteiger partial charge in [-0.05, 0) is 48.6 Å². The van der Waals surface area contributed by atoms with Gasteiger partial charge in [-0.15, -0.1) is 0 Å². The fraction of sp³-hybridized carbons (Fsp3) is 0.375. The number of benzene rings is 2. The van der Waals surface area contributed by atoms with Gasteiger partial charge in [0.05, 0.1) is 30.4 Å². The zero-order valence-electron chi connectivity index (χ0n) is 18.0. The average Bonchev–Trinajstić information content (AvgIpc) is 2.74. The molecule has 1 atom stereocenters. The van der Waals surface area contributed by atoms with E-state index < -0.39 is 0 Å². The predicted octanol–water partition coefficient (Wildman–Crippen LogP) is 4.01. The minimum absolute atomic E-state index is 0.0258. The Bertz CT molecular complexity index is 1070. The van der Waals surface area contributed by atoms with E-state index in [4.69, 9.17) is 4.74 Å². The first kappa shape index (κ1) is 21.6. The summed E-state index contributed by atoms with van der Waals surface area (Å²) in [5.74, 6) is 1.01. The van der Waals surface area contributed by atoms with Gasteiger partial charge in [-0.1, -0.05) is 38.1 Å². The Labute approximate surface area is 176 Å². The molecule has 0 saturated heterocycles. The van der Waals surface area contributed by atoms with Crippen molar-refractivity contribution in [3.05, 3.63) is 70.3 Å². The lowest BCUT2D eigenvalue weighted by atomic mass is 9.95. The van der Waals surface area contributed by atoms with Gasteiger partial charge in [0.1, 0.15) is 5.75 Å². The molecule has 0 aliphatic carbocycles. The largest absolute Gasteiger partial charge is 0.497 e. The number of ether oxygens (including phenoxy) is 1. The van der Waals surface area contributed by atoms with Gasteiger partial charge in [-0.2, -0.15) is 0 Å².